The maximum Gasteiger partial charge on any atom is 0.240 e. The first-order chi connectivity index (χ1) is 12.1. The Morgan fingerprint density at radius 1 is 1.40 bits per heavy atom. The van der Waals surface area contributed by atoms with Crippen molar-refractivity contribution in [2.24, 2.45) is 13.0 Å². The fourth-order valence-electron chi connectivity index (χ4n) is 3.94. The van der Waals surface area contributed by atoms with Crippen molar-refractivity contribution in [1.82, 2.24) is 15.1 Å². The molecule has 1 saturated carbocycles. The number of benzene rings is 1. The monoisotopic (exact) mass is 340 g/mol. The fraction of sp³-hybridized carbons (Fsp3) is 0.474. The number of amides is 1. The summed E-state index contributed by atoms with van der Waals surface area (Å²) in [7, 11) is 1.87. The highest BCUT2D eigenvalue weighted by atomic mass is 16.3. The van der Waals surface area contributed by atoms with Gasteiger partial charge in [-0.2, -0.15) is 5.10 Å². The van der Waals surface area contributed by atoms with E-state index in [1.54, 1.807) is 10.9 Å². The van der Waals surface area contributed by atoms with Gasteiger partial charge in [-0.25, -0.2) is 0 Å². The SMILES string of the molecule is Cn1cc([C@H](NC(=O)CN2CCc3ccccc32)C2CC(O)C2)cn1. The van der Waals surface area contributed by atoms with Gasteiger partial charge in [0.2, 0.25) is 5.91 Å². The molecular weight excluding hydrogens is 316 g/mol. The van der Waals surface area contributed by atoms with Gasteiger partial charge in [0.1, 0.15) is 0 Å². The van der Waals surface area contributed by atoms with E-state index in [1.807, 2.05) is 25.4 Å². The molecule has 2 aromatic rings. The summed E-state index contributed by atoms with van der Waals surface area (Å²) in [5.74, 6) is 0.293. The smallest absolute Gasteiger partial charge is 0.240 e. The number of anilines is 1. The van der Waals surface area contributed by atoms with E-state index in [9.17, 15) is 9.90 Å². The Morgan fingerprint density at radius 2 is 2.20 bits per heavy atom. The Morgan fingerprint density at radius 3 is 2.92 bits per heavy atom. The zero-order valence-electron chi connectivity index (χ0n) is 14.4. The molecule has 1 fully saturated rings. The van der Waals surface area contributed by atoms with E-state index >= 15 is 0 Å². The third kappa shape index (κ3) is 3.26. The number of fused-ring (bicyclic) bond motifs is 1. The van der Waals surface area contributed by atoms with Crippen molar-refractivity contribution < 1.29 is 9.90 Å². The second kappa shape index (κ2) is 6.52. The van der Waals surface area contributed by atoms with Crippen LogP contribution in [-0.4, -0.2) is 40.0 Å². The van der Waals surface area contributed by atoms with Crippen LogP contribution in [0.2, 0.25) is 0 Å². The molecule has 6 heteroatoms. The Balaban J connectivity index is 1.44. The molecular formula is C19H24N4O2. The largest absolute Gasteiger partial charge is 0.393 e. The van der Waals surface area contributed by atoms with Gasteiger partial charge in [0.15, 0.2) is 0 Å². The van der Waals surface area contributed by atoms with Gasteiger partial charge in [-0.1, -0.05) is 18.2 Å². The standard InChI is InChI=1S/C19H24N4O2/c1-22-11-15(10-20-22)19(14-8-16(24)9-14)21-18(25)12-23-7-6-13-4-2-3-5-17(13)23/h2-5,10-11,14,16,19,24H,6-9,12H2,1H3,(H,21,25)/t14?,16?,19-/m1/s1. The third-order valence-corrected chi connectivity index (χ3v) is 5.34. The maximum atomic E-state index is 12.7. The summed E-state index contributed by atoms with van der Waals surface area (Å²) in [6, 6.07) is 8.19. The van der Waals surface area contributed by atoms with Crippen molar-refractivity contribution in [1.29, 1.82) is 0 Å². The van der Waals surface area contributed by atoms with Crippen molar-refractivity contribution in [3.05, 3.63) is 47.8 Å². The highest BCUT2D eigenvalue weighted by Gasteiger charge is 2.36. The van der Waals surface area contributed by atoms with Crippen molar-refractivity contribution in [2.45, 2.75) is 31.4 Å². The molecule has 0 spiro atoms. The van der Waals surface area contributed by atoms with Crippen LogP contribution in [0.5, 0.6) is 0 Å². The second-order valence-electron chi connectivity index (χ2n) is 7.18. The lowest BCUT2D eigenvalue weighted by Crippen LogP contribution is -2.44. The van der Waals surface area contributed by atoms with Crippen LogP contribution in [0.1, 0.15) is 30.0 Å². The number of nitrogens with zero attached hydrogens (tertiary/aromatic N) is 3. The van der Waals surface area contributed by atoms with Gasteiger partial charge in [0.05, 0.1) is 24.9 Å². The van der Waals surface area contributed by atoms with Gasteiger partial charge in [0.25, 0.3) is 0 Å². The van der Waals surface area contributed by atoms with Crippen LogP contribution in [0.3, 0.4) is 0 Å². The zero-order chi connectivity index (χ0) is 17.4. The van der Waals surface area contributed by atoms with Gasteiger partial charge >= 0.3 is 0 Å². The molecule has 1 amide bonds. The predicted molar refractivity (Wildman–Crippen MR) is 95.2 cm³/mol. The average molecular weight is 340 g/mol. The lowest BCUT2D eigenvalue weighted by Gasteiger charge is -2.38. The highest BCUT2D eigenvalue weighted by Crippen LogP contribution is 2.38. The molecule has 0 radical (unpaired) electrons. The number of aliphatic hydroxyl groups excluding tert-OH is 1. The molecule has 1 aliphatic heterocycles. The van der Waals surface area contributed by atoms with Gasteiger partial charge < -0.3 is 15.3 Å². The Kier molecular flexibility index (Phi) is 4.21. The molecule has 132 valence electrons. The summed E-state index contributed by atoms with van der Waals surface area (Å²) in [5, 5.41) is 17.1. The van der Waals surface area contributed by atoms with Crippen LogP contribution in [-0.2, 0) is 18.3 Å². The topological polar surface area (TPSA) is 70.4 Å². The Labute approximate surface area is 147 Å². The van der Waals surface area contributed by atoms with Crippen molar-refractivity contribution in [2.75, 3.05) is 18.0 Å². The number of carbonyl (C=O) groups is 1. The molecule has 2 N–H and O–H groups in total. The van der Waals surface area contributed by atoms with Crippen LogP contribution in [0.4, 0.5) is 5.69 Å². The van der Waals surface area contributed by atoms with Gasteiger partial charge in [-0.3, -0.25) is 9.48 Å². The van der Waals surface area contributed by atoms with Crippen LogP contribution in [0.25, 0.3) is 0 Å². The van der Waals surface area contributed by atoms with Crippen LogP contribution < -0.4 is 10.2 Å². The van der Waals surface area contributed by atoms with Crippen LogP contribution in [0, 0.1) is 5.92 Å². The zero-order valence-corrected chi connectivity index (χ0v) is 14.4. The molecule has 1 aromatic heterocycles. The Hall–Kier alpha value is -2.34. The first-order valence-electron chi connectivity index (χ1n) is 8.89. The van der Waals surface area contributed by atoms with E-state index in [1.165, 1.54) is 5.56 Å². The van der Waals surface area contributed by atoms with Gasteiger partial charge in [-0.15, -0.1) is 0 Å². The summed E-state index contributed by atoms with van der Waals surface area (Å²) in [6.45, 7) is 1.25. The van der Waals surface area contributed by atoms with Crippen molar-refractivity contribution in [3.8, 4) is 0 Å². The first-order valence-corrected chi connectivity index (χ1v) is 8.89. The number of hydrogen-bond donors (Lipinski definition) is 2. The highest BCUT2D eigenvalue weighted by molar-refractivity contribution is 5.82. The summed E-state index contributed by atoms with van der Waals surface area (Å²) in [5.41, 5.74) is 3.48. The summed E-state index contributed by atoms with van der Waals surface area (Å²) in [6.07, 6.45) is 5.96. The number of aromatic nitrogens is 2. The summed E-state index contributed by atoms with van der Waals surface area (Å²) >= 11 is 0. The van der Waals surface area contributed by atoms with Gasteiger partial charge in [0, 0.05) is 31.0 Å². The molecule has 25 heavy (non-hydrogen) atoms. The normalized spacial score (nSPS) is 23.0. The van der Waals surface area contributed by atoms with E-state index in [0.29, 0.717) is 6.54 Å². The molecule has 1 aromatic carbocycles. The molecule has 1 aliphatic carbocycles. The fourth-order valence-corrected chi connectivity index (χ4v) is 3.94. The minimum atomic E-state index is -0.244. The number of aliphatic hydroxyl groups is 1. The summed E-state index contributed by atoms with van der Waals surface area (Å²) in [4.78, 5) is 14.8. The minimum Gasteiger partial charge on any atom is -0.393 e. The Bertz CT molecular complexity index is 766. The van der Waals surface area contributed by atoms with Crippen LogP contribution >= 0.6 is 0 Å². The van der Waals surface area contributed by atoms with E-state index in [0.717, 1.165) is 37.1 Å². The number of para-hydroxylation sites is 1. The maximum absolute atomic E-state index is 12.7. The number of hydrogen-bond acceptors (Lipinski definition) is 4. The molecule has 1 atom stereocenters. The molecule has 0 unspecified atom stereocenters. The molecule has 6 nitrogen and oxygen atoms in total. The van der Waals surface area contributed by atoms with E-state index < -0.39 is 0 Å². The van der Waals surface area contributed by atoms with E-state index in [-0.39, 0.29) is 24.0 Å². The number of nitrogens with one attached hydrogen (secondary N) is 1. The van der Waals surface area contributed by atoms with Crippen molar-refractivity contribution >= 4 is 11.6 Å². The average Bonchev–Trinajstić information content (AvgIpc) is 3.17. The van der Waals surface area contributed by atoms with Crippen molar-refractivity contribution in [3.63, 3.8) is 0 Å². The lowest BCUT2D eigenvalue weighted by atomic mass is 9.75. The third-order valence-electron chi connectivity index (χ3n) is 5.34. The lowest BCUT2D eigenvalue weighted by molar-refractivity contribution is -0.121. The van der Waals surface area contributed by atoms with E-state index in [4.69, 9.17) is 0 Å². The minimum absolute atomic E-state index is 0.0203. The second-order valence-corrected chi connectivity index (χ2v) is 7.18. The first kappa shape index (κ1) is 16.1. The molecule has 2 aliphatic rings. The predicted octanol–water partition coefficient (Wildman–Crippen LogP) is 1.41. The quantitative estimate of drug-likeness (QED) is 0.863. The molecule has 0 bridgehead atoms. The number of aryl methyl sites for hydroxylation is 1. The number of carbonyl (C=O) groups excluding carboxylic acids is 1. The summed E-state index contributed by atoms with van der Waals surface area (Å²) < 4.78 is 1.75. The van der Waals surface area contributed by atoms with Gasteiger partial charge in [-0.05, 0) is 36.8 Å². The molecule has 4 rings (SSSR count). The molecule has 0 saturated heterocycles. The molecule has 2 heterocycles. The number of rotatable bonds is 5. The van der Waals surface area contributed by atoms with E-state index in [2.05, 4.69) is 27.4 Å². The van der Waals surface area contributed by atoms with Crippen LogP contribution in [0.15, 0.2) is 36.7 Å².